The summed E-state index contributed by atoms with van der Waals surface area (Å²) in [5.74, 6) is -0.308. The molecule has 0 saturated heterocycles. The Morgan fingerprint density at radius 2 is 2.18 bits per heavy atom. The first-order valence-corrected chi connectivity index (χ1v) is 5.84. The molecule has 0 aliphatic carbocycles. The predicted octanol–water partition coefficient (Wildman–Crippen LogP) is 2.65. The second kappa shape index (κ2) is 5.33. The van der Waals surface area contributed by atoms with E-state index < -0.39 is 6.10 Å². The van der Waals surface area contributed by atoms with E-state index >= 15 is 0 Å². The normalized spacial score (nSPS) is 12.4. The Bertz CT molecular complexity index is 507. The van der Waals surface area contributed by atoms with Crippen LogP contribution in [0, 0.1) is 5.82 Å². The minimum atomic E-state index is -0.722. The van der Waals surface area contributed by atoms with Crippen LogP contribution in [0.1, 0.15) is 17.4 Å². The zero-order chi connectivity index (χ0) is 12.3. The van der Waals surface area contributed by atoms with Gasteiger partial charge in [-0.2, -0.15) is 0 Å². The molecule has 0 saturated carbocycles. The highest BCUT2D eigenvalue weighted by atomic mass is 79.9. The molecule has 1 heterocycles. The predicted molar refractivity (Wildman–Crippen MR) is 64.8 cm³/mol. The van der Waals surface area contributed by atoms with Gasteiger partial charge in [-0.3, -0.25) is 0 Å². The molecule has 17 heavy (non-hydrogen) atoms. The lowest BCUT2D eigenvalue weighted by Crippen LogP contribution is -2.04. The SMILES string of the molecule is OC(Cc1ccc(F)cc1Br)c1ccncn1. The van der Waals surface area contributed by atoms with Gasteiger partial charge in [0, 0.05) is 17.1 Å². The molecule has 1 N–H and O–H groups in total. The first-order valence-electron chi connectivity index (χ1n) is 5.04. The molecule has 2 aromatic rings. The van der Waals surface area contributed by atoms with Gasteiger partial charge in [-0.25, -0.2) is 14.4 Å². The van der Waals surface area contributed by atoms with E-state index in [4.69, 9.17) is 0 Å². The van der Waals surface area contributed by atoms with Gasteiger partial charge in [0.05, 0.1) is 5.69 Å². The maximum atomic E-state index is 12.9. The van der Waals surface area contributed by atoms with Crippen LogP contribution < -0.4 is 0 Å². The number of rotatable bonds is 3. The fourth-order valence-corrected chi connectivity index (χ4v) is 2.01. The van der Waals surface area contributed by atoms with Crippen molar-refractivity contribution in [2.75, 3.05) is 0 Å². The highest BCUT2D eigenvalue weighted by molar-refractivity contribution is 9.10. The van der Waals surface area contributed by atoms with Crippen LogP contribution in [0.15, 0.2) is 41.3 Å². The first-order chi connectivity index (χ1) is 8.16. The fourth-order valence-electron chi connectivity index (χ4n) is 1.50. The molecule has 2 rings (SSSR count). The lowest BCUT2D eigenvalue weighted by Gasteiger charge is -2.11. The number of aliphatic hydroxyl groups excluding tert-OH is 1. The third kappa shape index (κ3) is 3.08. The molecule has 0 fully saturated rings. The molecule has 0 spiro atoms. The second-order valence-electron chi connectivity index (χ2n) is 3.59. The molecule has 0 amide bonds. The van der Waals surface area contributed by atoms with Crippen LogP contribution in [0.2, 0.25) is 0 Å². The van der Waals surface area contributed by atoms with Gasteiger partial charge in [0.1, 0.15) is 18.2 Å². The average molecular weight is 297 g/mol. The van der Waals surface area contributed by atoms with E-state index in [1.165, 1.54) is 18.5 Å². The third-order valence-corrected chi connectivity index (χ3v) is 3.11. The molecule has 88 valence electrons. The zero-order valence-electron chi connectivity index (χ0n) is 8.85. The summed E-state index contributed by atoms with van der Waals surface area (Å²) in [6.45, 7) is 0. The number of hydrogen-bond donors (Lipinski definition) is 1. The number of hydrogen-bond acceptors (Lipinski definition) is 3. The lowest BCUT2D eigenvalue weighted by molar-refractivity contribution is 0.173. The van der Waals surface area contributed by atoms with Crippen molar-refractivity contribution in [3.63, 3.8) is 0 Å². The summed E-state index contributed by atoms with van der Waals surface area (Å²) in [6.07, 6.45) is 2.61. The van der Waals surface area contributed by atoms with Gasteiger partial charge in [0.25, 0.3) is 0 Å². The lowest BCUT2D eigenvalue weighted by atomic mass is 10.1. The molecule has 0 aliphatic heterocycles. The van der Waals surface area contributed by atoms with Crippen LogP contribution >= 0.6 is 15.9 Å². The van der Waals surface area contributed by atoms with Gasteiger partial charge >= 0.3 is 0 Å². The van der Waals surface area contributed by atoms with E-state index in [9.17, 15) is 9.50 Å². The third-order valence-electron chi connectivity index (χ3n) is 2.37. The number of benzene rings is 1. The number of aliphatic hydroxyl groups is 1. The number of aromatic nitrogens is 2. The Labute approximate surface area is 106 Å². The topological polar surface area (TPSA) is 46.0 Å². The molecule has 3 nitrogen and oxygen atoms in total. The first kappa shape index (κ1) is 12.1. The van der Waals surface area contributed by atoms with Crippen LogP contribution in [0.25, 0.3) is 0 Å². The molecule has 1 unspecified atom stereocenters. The summed E-state index contributed by atoms with van der Waals surface area (Å²) < 4.78 is 13.5. The van der Waals surface area contributed by atoms with E-state index in [-0.39, 0.29) is 5.82 Å². The van der Waals surface area contributed by atoms with Crippen molar-refractivity contribution in [1.29, 1.82) is 0 Å². The van der Waals surface area contributed by atoms with E-state index in [1.54, 1.807) is 18.3 Å². The summed E-state index contributed by atoms with van der Waals surface area (Å²) in [4.78, 5) is 7.75. The van der Waals surface area contributed by atoms with Crippen molar-refractivity contribution in [3.05, 3.63) is 58.3 Å². The van der Waals surface area contributed by atoms with E-state index in [0.717, 1.165) is 5.56 Å². The fraction of sp³-hybridized carbons (Fsp3) is 0.167. The van der Waals surface area contributed by atoms with Crippen molar-refractivity contribution in [3.8, 4) is 0 Å². The van der Waals surface area contributed by atoms with Crippen LogP contribution in [-0.4, -0.2) is 15.1 Å². The molecule has 1 aromatic heterocycles. The van der Waals surface area contributed by atoms with Crippen LogP contribution in [-0.2, 0) is 6.42 Å². The highest BCUT2D eigenvalue weighted by Crippen LogP contribution is 2.23. The Hall–Kier alpha value is -1.33. The van der Waals surface area contributed by atoms with E-state index in [2.05, 4.69) is 25.9 Å². The van der Waals surface area contributed by atoms with Gasteiger partial charge in [-0.1, -0.05) is 22.0 Å². The van der Waals surface area contributed by atoms with E-state index in [1.807, 2.05) is 0 Å². The summed E-state index contributed by atoms with van der Waals surface area (Å²) in [5, 5.41) is 9.96. The maximum Gasteiger partial charge on any atom is 0.124 e. The monoisotopic (exact) mass is 296 g/mol. The van der Waals surface area contributed by atoms with Crippen molar-refractivity contribution in [2.45, 2.75) is 12.5 Å². The molecule has 5 heteroatoms. The Kier molecular flexibility index (Phi) is 3.81. The minimum absolute atomic E-state index is 0.308. The zero-order valence-corrected chi connectivity index (χ0v) is 10.4. The molecule has 1 atom stereocenters. The van der Waals surface area contributed by atoms with E-state index in [0.29, 0.717) is 16.6 Å². The van der Waals surface area contributed by atoms with Crippen molar-refractivity contribution in [1.82, 2.24) is 9.97 Å². The molecule has 0 bridgehead atoms. The van der Waals surface area contributed by atoms with Crippen molar-refractivity contribution >= 4 is 15.9 Å². The Morgan fingerprint density at radius 3 is 2.82 bits per heavy atom. The summed E-state index contributed by atoms with van der Waals surface area (Å²) in [5.41, 5.74) is 1.38. The van der Waals surface area contributed by atoms with Crippen LogP contribution in [0.3, 0.4) is 0 Å². The molecule has 0 aliphatic rings. The summed E-state index contributed by atoms with van der Waals surface area (Å²) in [7, 11) is 0. The average Bonchev–Trinajstić information content (AvgIpc) is 2.34. The van der Waals surface area contributed by atoms with Gasteiger partial charge in [0.2, 0.25) is 0 Å². The number of halogens is 2. The Morgan fingerprint density at radius 1 is 1.35 bits per heavy atom. The maximum absolute atomic E-state index is 12.9. The van der Waals surface area contributed by atoms with Crippen LogP contribution in [0.4, 0.5) is 4.39 Å². The Balaban J connectivity index is 2.16. The molecular formula is C12H10BrFN2O. The summed E-state index contributed by atoms with van der Waals surface area (Å²) >= 11 is 3.26. The van der Waals surface area contributed by atoms with Crippen LogP contribution in [0.5, 0.6) is 0 Å². The quantitative estimate of drug-likeness (QED) is 0.947. The van der Waals surface area contributed by atoms with Gasteiger partial charge in [-0.05, 0) is 23.8 Å². The largest absolute Gasteiger partial charge is 0.386 e. The smallest absolute Gasteiger partial charge is 0.124 e. The van der Waals surface area contributed by atoms with Crippen molar-refractivity contribution in [2.24, 2.45) is 0 Å². The molecule has 0 radical (unpaired) electrons. The van der Waals surface area contributed by atoms with Gasteiger partial charge in [0.15, 0.2) is 0 Å². The molecule has 1 aromatic carbocycles. The van der Waals surface area contributed by atoms with Gasteiger partial charge in [-0.15, -0.1) is 0 Å². The highest BCUT2D eigenvalue weighted by Gasteiger charge is 2.12. The molecular weight excluding hydrogens is 287 g/mol. The number of nitrogens with zero attached hydrogens (tertiary/aromatic N) is 2. The standard InChI is InChI=1S/C12H10BrFN2O/c13-10-6-9(14)2-1-8(10)5-12(17)11-3-4-15-7-16-11/h1-4,6-7,12,17H,5H2. The van der Waals surface area contributed by atoms with Gasteiger partial charge < -0.3 is 5.11 Å². The van der Waals surface area contributed by atoms with Crippen molar-refractivity contribution < 1.29 is 9.50 Å². The second-order valence-corrected chi connectivity index (χ2v) is 4.44. The minimum Gasteiger partial charge on any atom is -0.386 e. The summed E-state index contributed by atoms with van der Waals surface area (Å²) in [6, 6.07) is 6.04.